The van der Waals surface area contributed by atoms with E-state index in [1.54, 1.807) is 11.8 Å². The summed E-state index contributed by atoms with van der Waals surface area (Å²) in [6.07, 6.45) is 3.56. The lowest BCUT2D eigenvalue weighted by atomic mass is 9.73. The maximum absolute atomic E-state index is 10.3. The molecule has 0 saturated carbocycles. The van der Waals surface area contributed by atoms with Crippen LogP contribution >= 0.6 is 11.8 Å². The van der Waals surface area contributed by atoms with Crippen LogP contribution in [0.2, 0.25) is 0 Å². The van der Waals surface area contributed by atoms with Gasteiger partial charge in [-0.25, -0.2) is 0 Å². The van der Waals surface area contributed by atoms with Gasteiger partial charge >= 0.3 is 0 Å². The molecule has 1 aliphatic rings. The zero-order valence-electron chi connectivity index (χ0n) is 9.76. The summed E-state index contributed by atoms with van der Waals surface area (Å²) in [6, 6.07) is 0. The van der Waals surface area contributed by atoms with Crippen LogP contribution in [0, 0.1) is 12.3 Å². The van der Waals surface area contributed by atoms with Crippen molar-refractivity contribution >= 4 is 11.8 Å². The molecule has 0 radical (unpaired) electrons. The Bertz CT molecular complexity index is 379. The number of aliphatic hydroxyl groups excluding tert-OH is 1. The molecule has 0 aromatic carbocycles. The first-order chi connectivity index (χ1) is 6.97. The summed E-state index contributed by atoms with van der Waals surface area (Å²) in [5.74, 6) is 0.990. The van der Waals surface area contributed by atoms with Gasteiger partial charge in [0.1, 0.15) is 5.76 Å². The van der Waals surface area contributed by atoms with E-state index in [1.807, 2.05) is 13.2 Å². The summed E-state index contributed by atoms with van der Waals surface area (Å²) in [5.41, 5.74) is 2.13. The second-order valence-corrected chi connectivity index (χ2v) is 5.73. The van der Waals surface area contributed by atoms with Gasteiger partial charge in [-0.05, 0) is 25.0 Å². The number of hydrogen-bond donors (Lipinski definition) is 1. The fraction of sp³-hybridized carbons (Fsp3) is 0.667. The van der Waals surface area contributed by atoms with Crippen LogP contribution in [0.5, 0.6) is 0 Å². The van der Waals surface area contributed by atoms with Crippen molar-refractivity contribution in [2.24, 2.45) is 5.41 Å². The van der Waals surface area contributed by atoms with E-state index in [1.165, 1.54) is 0 Å². The van der Waals surface area contributed by atoms with Crippen molar-refractivity contribution in [3.8, 4) is 0 Å². The van der Waals surface area contributed by atoms with Crippen molar-refractivity contribution in [3.63, 3.8) is 0 Å². The Labute approximate surface area is 95.1 Å². The van der Waals surface area contributed by atoms with Crippen LogP contribution in [0.1, 0.15) is 43.3 Å². The number of thioether (sulfide) groups is 1. The quantitative estimate of drug-likeness (QED) is 0.746. The molecule has 2 nitrogen and oxygen atoms in total. The minimum absolute atomic E-state index is 0.0304. The minimum Gasteiger partial charge on any atom is -0.454 e. The topological polar surface area (TPSA) is 33.4 Å². The Morgan fingerprint density at radius 3 is 2.73 bits per heavy atom. The molecule has 84 valence electrons. The van der Waals surface area contributed by atoms with Gasteiger partial charge in [0.15, 0.2) is 5.09 Å². The molecule has 1 N–H and O–H groups in total. The molecule has 1 atom stereocenters. The largest absolute Gasteiger partial charge is 0.454 e. The van der Waals surface area contributed by atoms with Crippen molar-refractivity contribution in [2.75, 3.05) is 6.26 Å². The van der Waals surface area contributed by atoms with Crippen molar-refractivity contribution in [1.82, 2.24) is 0 Å². The van der Waals surface area contributed by atoms with Gasteiger partial charge in [0.25, 0.3) is 0 Å². The molecule has 1 aliphatic carbocycles. The molecule has 0 aliphatic heterocycles. The van der Waals surface area contributed by atoms with Crippen LogP contribution in [0.4, 0.5) is 0 Å². The van der Waals surface area contributed by atoms with E-state index in [0.717, 1.165) is 34.8 Å². The smallest absolute Gasteiger partial charge is 0.163 e. The highest BCUT2D eigenvalue weighted by atomic mass is 32.2. The van der Waals surface area contributed by atoms with E-state index in [2.05, 4.69) is 13.8 Å². The van der Waals surface area contributed by atoms with Gasteiger partial charge < -0.3 is 9.52 Å². The lowest BCUT2D eigenvalue weighted by Crippen LogP contribution is -2.27. The third-order valence-corrected chi connectivity index (χ3v) is 4.18. The molecule has 1 heterocycles. The molecule has 2 rings (SSSR count). The van der Waals surface area contributed by atoms with Gasteiger partial charge in [-0.15, -0.1) is 0 Å². The zero-order valence-corrected chi connectivity index (χ0v) is 10.6. The second kappa shape index (κ2) is 3.56. The van der Waals surface area contributed by atoms with Crippen molar-refractivity contribution < 1.29 is 9.52 Å². The molecule has 0 saturated heterocycles. The molecule has 1 aromatic rings. The first-order valence-corrected chi connectivity index (χ1v) is 6.54. The summed E-state index contributed by atoms with van der Waals surface area (Å²) >= 11 is 1.61. The highest BCUT2D eigenvalue weighted by molar-refractivity contribution is 7.98. The predicted molar refractivity (Wildman–Crippen MR) is 62.3 cm³/mol. The number of aliphatic hydroxyl groups is 1. The number of aryl methyl sites for hydroxylation is 1. The summed E-state index contributed by atoms with van der Waals surface area (Å²) < 4.78 is 5.75. The molecule has 0 fully saturated rings. The van der Waals surface area contributed by atoms with Crippen LogP contribution in [0.25, 0.3) is 0 Å². The van der Waals surface area contributed by atoms with Gasteiger partial charge in [-0.3, -0.25) is 0 Å². The fourth-order valence-corrected chi connectivity index (χ4v) is 2.86. The molecule has 0 spiro atoms. The average Bonchev–Trinajstić information content (AvgIpc) is 2.50. The molecule has 15 heavy (non-hydrogen) atoms. The van der Waals surface area contributed by atoms with E-state index in [-0.39, 0.29) is 11.5 Å². The Morgan fingerprint density at radius 2 is 2.13 bits per heavy atom. The maximum Gasteiger partial charge on any atom is 0.163 e. The number of furan rings is 1. The third kappa shape index (κ3) is 1.62. The summed E-state index contributed by atoms with van der Waals surface area (Å²) in [6.45, 7) is 6.27. The summed E-state index contributed by atoms with van der Waals surface area (Å²) in [5, 5.41) is 11.3. The number of hydrogen-bond acceptors (Lipinski definition) is 3. The third-order valence-electron chi connectivity index (χ3n) is 3.42. The van der Waals surface area contributed by atoms with Gasteiger partial charge in [0.05, 0.1) is 6.10 Å². The molecular weight excluding hydrogens is 208 g/mol. The molecule has 1 aromatic heterocycles. The standard InChI is InChI=1S/C12H18O2S/c1-7-9-8(14-11(7)15-4)5-6-12(2,3)10(9)13/h10,13H,5-6H2,1-4H3/t10-/m1/s1. The Morgan fingerprint density at radius 1 is 1.47 bits per heavy atom. The summed E-state index contributed by atoms with van der Waals surface area (Å²) in [4.78, 5) is 0. The van der Waals surface area contributed by atoms with E-state index in [9.17, 15) is 5.11 Å². The van der Waals surface area contributed by atoms with Crippen molar-refractivity contribution in [2.45, 2.75) is 44.8 Å². The van der Waals surface area contributed by atoms with Crippen LogP contribution in [-0.4, -0.2) is 11.4 Å². The monoisotopic (exact) mass is 226 g/mol. The highest BCUT2D eigenvalue weighted by Gasteiger charge is 2.38. The second-order valence-electron chi connectivity index (χ2n) is 4.95. The minimum atomic E-state index is -0.383. The fourth-order valence-electron chi connectivity index (χ4n) is 2.26. The molecule has 3 heteroatoms. The average molecular weight is 226 g/mol. The molecular formula is C12H18O2S. The normalized spacial score (nSPS) is 23.9. The number of rotatable bonds is 1. The molecule has 0 bridgehead atoms. The van der Waals surface area contributed by atoms with Gasteiger partial charge in [-0.1, -0.05) is 25.6 Å². The van der Waals surface area contributed by atoms with Gasteiger partial charge in [0, 0.05) is 17.5 Å². The molecule has 0 unspecified atom stereocenters. The Kier molecular flexibility index (Phi) is 2.63. The van der Waals surface area contributed by atoms with E-state index >= 15 is 0 Å². The van der Waals surface area contributed by atoms with E-state index < -0.39 is 0 Å². The Hall–Kier alpha value is -0.410. The van der Waals surface area contributed by atoms with Crippen molar-refractivity contribution in [1.29, 1.82) is 0 Å². The van der Waals surface area contributed by atoms with Gasteiger partial charge in [-0.2, -0.15) is 0 Å². The summed E-state index contributed by atoms with van der Waals surface area (Å²) in [7, 11) is 0. The Balaban J connectivity index is 2.51. The van der Waals surface area contributed by atoms with Gasteiger partial charge in [0.2, 0.25) is 0 Å². The first kappa shape index (κ1) is 11.1. The number of fused-ring (bicyclic) bond motifs is 1. The molecule has 0 amide bonds. The zero-order chi connectivity index (χ0) is 11.2. The van der Waals surface area contributed by atoms with Crippen LogP contribution < -0.4 is 0 Å². The van der Waals surface area contributed by atoms with Crippen LogP contribution in [-0.2, 0) is 6.42 Å². The lowest BCUT2D eigenvalue weighted by Gasteiger charge is -2.34. The highest BCUT2D eigenvalue weighted by Crippen LogP contribution is 2.47. The van der Waals surface area contributed by atoms with Crippen LogP contribution in [0.3, 0.4) is 0 Å². The van der Waals surface area contributed by atoms with Crippen molar-refractivity contribution in [3.05, 3.63) is 16.9 Å². The lowest BCUT2D eigenvalue weighted by molar-refractivity contribution is 0.0302. The maximum atomic E-state index is 10.3. The van der Waals surface area contributed by atoms with E-state index in [0.29, 0.717) is 0 Å². The SMILES string of the molecule is CSc1oc2c(c1C)[C@@H](O)C(C)(C)CC2. The van der Waals surface area contributed by atoms with Crippen LogP contribution in [0.15, 0.2) is 9.51 Å². The first-order valence-electron chi connectivity index (χ1n) is 5.31. The van der Waals surface area contributed by atoms with E-state index in [4.69, 9.17) is 4.42 Å². The predicted octanol–water partition coefficient (Wildman–Crippen LogP) is 3.32.